The number of aromatic nitrogens is 2. The molecule has 0 saturated carbocycles. The number of carbonyl (C=O) groups is 2. The number of carboxylic acids is 1. The first-order valence-electron chi connectivity index (χ1n) is 11.5. The Bertz CT molecular complexity index is 1400. The van der Waals surface area contributed by atoms with Crippen LogP contribution in [0, 0.1) is 0 Å². The van der Waals surface area contributed by atoms with E-state index in [1.165, 1.54) is 0 Å². The van der Waals surface area contributed by atoms with Crippen molar-refractivity contribution in [2.75, 3.05) is 33.8 Å². The Morgan fingerprint density at radius 1 is 1.11 bits per heavy atom. The van der Waals surface area contributed by atoms with E-state index >= 15 is 0 Å². The lowest BCUT2D eigenvalue weighted by atomic mass is 10.1. The second-order valence-corrected chi connectivity index (χ2v) is 9.38. The largest absolute Gasteiger partial charge is 0.497 e. The van der Waals surface area contributed by atoms with E-state index in [9.17, 15) is 18.0 Å². The topological polar surface area (TPSA) is 87.4 Å². The third kappa shape index (κ3) is 5.97. The summed E-state index contributed by atoms with van der Waals surface area (Å²) >= 11 is 1.55. The number of nitrogens with zero attached hydrogens (tertiary/aromatic N) is 4. The van der Waals surface area contributed by atoms with Crippen molar-refractivity contribution >= 4 is 28.9 Å². The lowest BCUT2D eigenvalue weighted by molar-refractivity contribution is -0.192. The maximum atomic E-state index is 12.9. The van der Waals surface area contributed by atoms with E-state index in [4.69, 9.17) is 19.6 Å². The van der Waals surface area contributed by atoms with Crippen molar-refractivity contribution < 1.29 is 32.6 Å². The Hall–Kier alpha value is -3.90. The zero-order valence-corrected chi connectivity index (χ0v) is 21.4. The number of hydrogen-bond acceptors (Lipinski definition) is 6. The van der Waals surface area contributed by atoms with E-state index in [2.05, 4.69) is 40.7 Å². The minimum Gasteiger partial charge on any atom is -0.497 e. The SMILES string of the molecule is COc1ccc(-c2cccc3nc(C4CN(C(=O)c5ccsc5)CCN4C)cn23)cc1.O=C(O)C(F)(F)F. The monoisotopic (exact) mass is 546 g/mol. The fraction of sp³-hybridized carbons (Fsp3) is 0.269. The highest BCUT2D eigenvalue weighted by Gasteiger charge is 2.38. The number of imidazole rings is 1. The molecule has 1 unspecified atom stereocenters. The second-order valence-electron chi connectivity index (χ2n) is 8.60. The molecule has 0 aliphatic carbocycles. The number of fused-ring (bicyclic) bond motifs is 1. The van der Waals surface area contributed by atoms with Gasteiger partial charge in [0.15, 0.2) is 0 Å². The van der Waals surface area contributed by atoms with Crippen molar-refractivity contribution in [3.63, 3.8) is 0 Å². The quantitative estimate of drug-likeness (QED) is 0.395. The van der Waals surface area contributed by atoms with E-state index < -0.39 is 12.1 Å². The van der Waals surface area contributed by atoms with Crippen LogP contribution in [0.1, 0.15) is 22.1 Å². The van der Waals surface area contributed by atoms with Crippen LogP contribution in [0.15, 0.2) is 65.5 Å². The number of aliphatic carboxylic acids is 1. The summed E-state index contributed by atoms with van der Waals surface area (Å²) in [6.45, 7) is 2.18. The third-order valence-corrected chi connectivity index (χ3v) is 6.87. The van der Waals surface area contributed by atoms with Gasteiger partial charge in [-0.25, -0.2) is 9.78 Å². The number of rotatable bonds is 4. The second kappa shape index (κ2) is 11.2. The number of piperazine rings is 1. The Balaban J connectivity index is 0.000000426. The van der Waals surface area contributed by atoms with Crippen molar-refractivity contribution in [1.29, 1.82) is 0 Å². The van der Waals surface area contributed by atoms with Crippen LogP contribution in [0.25, 0.3) is 16.9 Å². The molecule has 1 N–H and O–H groups in total. The summed E-state index contributed by atoms with van der Waals surface area (Å²) in [6.07, 6.45) is -2.98. The van der Waals surface area contributed by atoms with Gasteiger partial charge in [0.1, 0.15) is 11.4 Å². The molecule has 0 spiro atoms. The molecule has 1 atom stereocenters. The number of benzene rings is 1. The van der Waals surface area contributed by atoms with Crippen LogP contribution in [-0.4, -0.2) is 76.1 Å². The third-order valence-electron chi connectivity index (χ3n) is 6.18. The van der Waals surface area contributed by atoms with Crippen LogP contribution in [0.3, 0.4) is 0 Å². The van der Waals surface area contributed by atoms with Gasteiger partial charge in [-0.05, 0) is 60.5 Å². The smallest absolute Gasteiger partial charge is 0.490 e. The number of methoxy groups -OCH3 is 1. The first-order chi connectivity index (χ1) is 18.1. The summed E-state index contributed by atoms with van der Waals surface area (Å²) < 4.78 is 39.2. The standard InChI is InChI=1S/C24H24N4O2S.C2HF3O2/c1-26-11-12-27(24(29)18-10-13-31-16-18)15-22(26)20-14-28-21(4-3-5-23(28)25-20)17-6-8-19(30-2)9-7-17;3-2(4,5)1(6)7/h3-10,13-14,16,22H,11-12,15H2,1-2H3;(H,6,7). The number of carboxylic acid groups (broad SMARTS) is 1. The zero-order chi connectivity index (χ0) is 27.4. The van der Waals surface area contributed by atoms with Crippen LogP contribution >= 0.6 is 11.3 Å². The highest BCUT2D eigenvalue weighted by Crippen LogP contribution is 2.28. The molecule has 4 heterocycles. The summed E-state index contributed by atoms with van der Waals surface area (Å²) in [5.74, 6) is -1.82. The van der Waals surface area contributed by atoms with Crippen LogP contribution in [0.5, 0.6) is 5.75 Å². The highest BCUT2D eigenvalue weighted by atomic mass is 32.1. The van der Waals surface area contributed by atoms with Gasteiger partial charge in [-0.2, -0.15) is 24.5 Å². The molecule has 5 rings (SSSR count). The Kier molecular flexibility index (Phi) is 8.02. The molecule has 1 aliphatic rings. The maximum absolute atomic E-state index is 12.9. The number of carbonyl (C=O) groups excluding carboxylic acids is 1. The summed E-state index contributed by atoms with van der Waals surface area (Å²) in [7, 11) is 3.77. The van der Waals surface area contributed by atoms with Gasteiger partial charge in [0.2, 0.25) is 0 Å². The van der Waals surface area contributed by atoms with Gasteiger partial charge < -0.3 is 14.7 Å². The fourth-order valence-corrected chi connectivity index (χ4v) is 4.76. The number of halogens is 3. The number of alkyl halides is 3. The highest BCUT2D eigenvalue weighted by molar-refractivity contribution is 7.08. The maximum Gasteiger partial charge on any atom is 0.490 e. The first-order valence-corrected chi connectivity index (χ1v) is 12.5. The average Bonchev–Trinajstić information content (AvgIpc) is 3.59. The molecule has 12 heteroatoms. The minimum absolute atomic E-state index is 0.0555. The molecule has 0 bridgehead atoms. The Morgan fingerprint density at radius 3 is 2.42 bits per heavy atom. The Morgan fingerprint density at radius 2 is 1.82 bits per heavy atom. The van der Waals surface area contributed by atoms with Crippen molar-refractivity contribution in [3.8, 4) is 17.0 Å². The predicted molar refractivity (Wildman–Crippen MR) is 136 cm³/mol. The van der Waals surface area contributed by atoms with Gasteiger partial charge >= 0.3 is 12.1 Å². The van der Waals surface area contributed by atoms with Gasteiger partial charge in [-0.3, -0.25) is 14.1 Å². The van der Waals surface area contributed by atoms with Gasteiger partial charge in [0, 0.05) is 31.2 Å². The van der Waals surface area contributed by atoms with Gasteiger partial charge in [-0.15, -0.1) is 0 Å². The first kappa shape index (κ1) is 27.1. The van der Waals surface area contributed by atoms with Crippen LogP contribution in [0.4, 0.5) is 13.2 Å². The molecule has 38 heavy (non-hydrogen) atoms. The molecule has 1 aliphatic heterocycles. The molecule has 0 radical (unpaired) electrons. The van der Waals surface area contributed by atoms with E-state index in [0.29, 0.717) is 6.54 Å². The van der Waals surface area contributed by atoms with Crippen molar-refractivity contribution in [1.82, 2.24) is 19.2 Å². The lowest BCUT2D eigenvalue weighted by Crippen LogP contribution is -2.49. The molecular formula is C26H25F3N4O4S. The number of pyridine rings is 1. The summed E-state index contributed by atoms with van der Waals surface area (Å²) in [4.78, 5) is 30.9. The number of ether oxygens (including phenoxy) is 1. The molecule has 1 aromatic carbocycles. The van der Waals surface area contributed by atoms with E-state index in [1.807, 2.05) is 46.0 Å². The molecule has 3 aromatic heterocycles. The molecule has 1 saturated heterocycles. The fourth-order valence-electron chi connectivity index (χ4n) is 4.13. The summed E-state index contributed by atoms with van der Waals surface area (Å²) in [5.41, 5.74) is 4.82. The van der Waals surface area contributed by atoms with E-state index in [1.54, 1.807) is 18.4 Å². The number of amides is 1. The molecule has 200 valence electrons. The predicted octanol–water partition coefficient (Wildman–Crippen LogP) is 4.83. The molecular weight excluding hydrogens is 521 g/mol. The van der Waals surface area contributed by atoms with Crippen molar-refractivity contribution in [2.24, 2.45) is 0 Å². The number of hydrogen-bond donors (Lipinski definition) is 1. The lowest BCUT2D eigenvalue weighted by Gasteiger charge is -2.38. The summed E-state index contributed by atoms with van der Waals surface area (Å²) in [6, 6.07) is 16.1. The number of likely N-dealkylation sites (N-methyl/N-ethyl adjacent to an activating group) is 1. The number of thiophene rings is 1. The van der Waals surface area contributed by atoms with E-state index in [-0.39, 0.29) is 11.9 Å². The van der Waals surface area contributed by atoms with Crippen LogP contribution < -0.4 is 4.74 Å². The van der Waals surface area contributed by atoms with Crippen LogP contribution in [-0.2, 0) is 4.79 Å². The van der Waals surface area contributed by atoms with Gasteiger partial charge in [0.25, 0.3) is 5.91 Å². The van der Waals surface area contributed by atoms with E-state index in [0.717, 1.165) is 47.0 Å². The summed E-state index contributed by atoms with van der Waals surface area (Å²) in [5, 5.41) is 11.0. The van der Waals surface area contributed by atoms with Gasteiger partial charge in [-0.1, -0.05) is 6.07 Å². The average molecular weight is 547 g/mol. The van der Waals surface area contributed by atoms with Gasteiger partial charge in [0.05, 0.1) is 30.1 Å². The Labute approximate surface area is 220 Å². The molecule has 1 amide bonds. The normalized spacial score (nSPS) is 16.1. The molecule has 1 fully saturated rings. The van der Waals surface area contributed by atoms with Crippen molar-refractivity contribution in [3.05, 3.63) is 76.7 Å². The molecule has 4 aromatic rings. The molecule has 8 nitrogen and oxygen atoms in total. The van der Waals surface area contributed by atoms with Crippen molar-refractivity contribution in [2.45, 2.75) is 12.2 Å². The zero-order valence-electron chi connectivity index (χ0n) is 20.6. The minimum atomic E-state index is -5.08. The van der Waals surface area contributed by atoms with Crippen LogP contribution in [0.2, 0.25) is 0 Å².